The topological polar surface area (TPSA) is 12.0 Å². The summed E-state index contributed by atoms with van der Waals surface area (Å²) in [4.78, 5) is 0. The molecule has 0 spiro atoms. The summed E-state index contributed by atoms with van der Waals surface area (Å²) >= 11 is 0. The van der Waals surface area contributed by atoms with Gasteiger partial charge in [-0.2, -0.15) is 0 Å². The molecule has 76 valence electrons. The van der Waals surface area contributed by atoms with E-state index < -0.39 is 0 Å². The van der Waals surface area contributed by atoms with E-state index in [9.17, 15) is 4.39 Å². The molecule has 14 heavy (non-hydrogen) atoms. The molecule has 1 nitrogen and oxygen atoms in total. The lowest BCUT2D eigenvalue weighted by atomic mass is 9.64. The van der Waals surface area contributed by atoms with Gasteiger partial charge in [-0.05, 0) is 37.6 Å². The molecule has 0 aromatic heterocycles. The lowest BCUT2D eigenvalue weighted by molar-refractivity contribution is 0.238. The molecular formula is C12H16FN. The summed E-state index contributed by atoms with van der Waals surface area (Å²) in [7, 11) is 1.96. The van der Waals surface area contributed by atoms with Gasteiger partial charge in [-0.1, -0.05) is 18.6 Å². The van der Waals surface area contributed by atoms with Crippen molar-refractivity contribution in [2.45, 2.75) is 24.7 Å². The molecule has 1 aromatic carbocycles. The van der Waals surface area contributed by atoms with Crippen LogP contribution in [0.1, 0.15) is 24.8 Å². The molecule has 0 heterocycles. The number of hydrogen-bond acceptors (Lipinski definition) is 1. The first-order valence-electron chi connectivity index (χ1n) is 5.17. The Labute approximate surface area is 84.3 Å². The molecule has 0 saturated heterocycles. The number of hydrogen-bond donors (Lipinski definition) is 1. The predicted molar refractivity (Wildman–Crippen MR) is 55.9 cm³/mol. The molecule has 0 aliphatic heterocycles. The summed E-state index contributed by atoms with van der Waals surface area (Å²) in [6.45, 7) is 0.955. The van der Waals surface area contributed by atoms with Crippen LogP contribution in [-0.4, -0.2) is 13.6 Å². The van der Waals surface area contributed by atoms with Crippen LogP contribution in [0.5, 0.6) is 0 Å². The van der Waals surface area contributed by atoms with E-state index in [1.165, 1.54) is 25.3 Å². The van der Waals surface area contributed by atoms with Gasteiger partial charge in [0.05, 0.1) is 0 Å². The Morgan fingerprint density at radius 2 is 2.21 bits per heavy atom. The van der Waals surface area contributed by atoms with Gasteiger partial charge in [0.2, 0.25) is 0 Å². The van der Waals surface area contributed by atoms with Crippen molar-refractivity contribution in [2.75, 3.05) is 13.6 Å². The van der Waals surface area contributed by atoms with Crippen LogP contribution in [0.15, 0.2) is 24.3 Å². The monoisotopic (exact) mass is 193 g/mol. The minimum atomic E-state index is -0.120. The Hall–Kier alpha value is -0.890. The zero-order chi connectivity index (χ0) is 10.0. The van der Waals surface area contributed by atoms with Crippen molar-refractivity contribution in [3.63, 3.8) is 0 Å². The number of halogens is 1. The molecule has 0 bridgehead atoms. The number of rotatable bonds is 3. The fourth-order valence-corrected chi connectivity index (χ4v) is 2.33. The quantitative estimate of drug-likeness (QED) is 0.777. The van der Waals surface area contributed by atoms with Crippen LogP contribution >= 0.6 is 0 Å². The van der Waals surface area contributed by atoms with Crippen molar-refractivity contribution >= 4 is 0 Å². The van der Waals surface area contributed by atoms with E-state index >= 15 is 0 Å². The van der Waals surface area contributed by atoms with Crippen LogP contribution in [0.25, 0.3) is 0 Å². The molecule has 1 aliphatic carbocycles. The fourth-order valence-electron chi connectivity index (χ4n) is 2.33. The van der Waals surface area contributed by atoms with Crippen LogP contribution in [0.3, 0.4) is 0 Å². The van der Waals surface area contributed by atoms with Gasteiger partial charge < -0.3 is 5.32 Å². The third kappa shape index (κ3) is 1.55. The molecular weight excluding hydrogens is 177 g/mol. The average molecular weight is 193 g/mol. The van der Waals surface area contributed by atoms with E-state index in [1.54, 1.807) is 12.1 Å². The lowest BCUT2D eigenvalue weighted by Gasteiger charge is -2.42. The highest BCUT2D eigenvalue weighted by Crippen LogP contribution is 2.43. The molecule has 0 amide bonds. The zero-order valence-electron chi connectivity index (χ0n) is 8.52. The van der Waals surface area contributed by atoms with Gasteiger partial charge in [0.1, 0.15) is 5.82 Å². The Morgan fingerprint density at radius 3 is 2.71 bits per heavy atom. The maximum atomic E-state index is 13.1. The first-order valence-corrected chi connectivity index (χ1v) is 5.17. The fraction of sp³-hybridized carbons (Fsp3) is 0.500. The highest BCUT2D eigenvalue weighted by Gasteiger charge is 2.37. The van der Waals surface area contributed by atoms with Crippen LogP contribution in [-0.2, 0) is 5.41 Å². The highest BCUT2D eigenvalue weighted by atomic mass is 19.1. The van der Waals surface area contributed by atoms with Crippen LogP contribution in [0.2, 0.25) is 0 Å². The average Bonchev–Trinajstić information content (AvgIpc) is 2.11. The van der Waals surface area contributed by atoms with Gasteiger partial charge in [-0.15, -0.1) is 0 Å². The maximum absolute atomic E-state index is 13.1. The van der Waals surface area contributed by atoms with Gasteiger partial charge >= 0.3 is 0 Å². The molecule has 0 radical (unpaired) electrons. The second kappa shape index (κ2) is 3.70. The molecule has 0 atom stereocenters. The molecule has 1 saturated carbocycles. The van der Waals surface area contributed by atoms with E-state index in [1.807, 2.05) is 13.1 Å². The van der Waals surface area contributed by atoms with Gasteiger partial charge in [0.15, 0.2) is 0 Å². The van der Waals surface area contributed by atoms with E-state index in [-0.39, 0.29) is 11.2 Å². The molecule has 1 N–H and O–H groups in total. The first kappa shape index (κ1) is 9.66. The van der Waals surface area contributed by atoms with Gasteiger partial charge in [-0.25, -0.2) is 4.39 Å². The molecule has 1 aliphatic rings. The van der Waals surface area contributed by atoms with Crippen LogP contribution < -0.4 is 5.32 Å². The van der Waals surface area contributed by atoms with Crippen LogP contribution in [0.4, 0.5) is 4.39 Å². The van der Waals surface area contributed by atoms with Crippen molar-refractivity contribution in [3.05, 3.63) is 35.6 Å². The molecule has 2 heteroatoms. The summed E-state index contributed by atoms with van der Waals surface area (Å²) in [6, 6.07) is 7.03. The SMILES string of the molecule is CNCC1(c2cccc(F)c2)CCC1. The van der Waals surface area contributed by atoms with Crippen molar-refractivity contribution in [1.82, 2.24) is 5.32 Å². The summed E-state index contributed by atoms with van der Waals surface area (Å²) in [5.41, 5.74) is 1.36. The Morgan fingerprint density at radius 1 is 1.43 bits per heavy atom. The Bertz CT molecular complexity index is 318. The van der Waals surface area contributed by atoms with Gasteiger partial charge in [0.25, 0.3) is 0 Å². The Kier molecular flexibility index (Phi) is 2.55. The standard InChI is InChI=1S/C12H16FN/c1-14-9-12(6-3-7-12)10-4-2-5-11(13)8-10/h2,4-5,8,14H,3,6-7,9H2,1H3. The minimum absolute atomic E-state index is 0.120. The number of nitrogens with one attached hydrogen (secondary N) is 1. The third-order valence-electron chi connectivity index (χ3n) is 3.26. The van der Waals surface area contributed by atoms with E-state index in [0.29, 0.717) is 0 Å². The molecule has 2 rings (SSSR count). The highest BCUT2D eigenvalue weighted by molar-refractivity contribution is 5.29. The first-order chi connectivity index (χ1) is 6.77. The number of likely N-dealkylation sites (N-methyl/N-ethyl adjacent to an activating group) is 1. The maximum Gasteiger partial charge on any atom is 0.123 e. The van der Waals surface area contributed by atoms with E-state index in [2.05, 4.69) is 5.32 Å². The Balaban J connectivity index is 2.27. The zero-order valence-corrected chi connectivity index (χ0v) is 8.52. The summed E-state index contributed by atoms with van der Waals surface area (Å²) < 4.78 is 13.1. The van der Waals surface area contributed by atoms with Gasteiger partial charge in [-0.3, -0.25) is 0 Å². The van der Waals surface area contributed by atoms with Crippen molar-refractivity contribution in [3.8, 4) is 0 Å². The van der Waals surface area contributed by atoms with E-state index in [4.69, 9.17) is 0 Å². The van der Waals surface area contributed by atoms with Crippen molar-refractivity contribution in [2.24, 2.45) is 0 Å². The second-order valence-electron chi connectivity index (χ2n) is 4.17. The minimum Gasteiger partial charge on any atom is -0.319 e. The second-order valence-corrected chi connectivity index (χ2v) is 4.17. The van der Waals surface area contributed by atoms with Gasteiger partial charge in [0, 0.05) is 12.0 Å². The predicted octanol–water partition coefficient (Wildman–Crippen LogP) is 2.47. The summed E-state index contributed by atoms with van der Waals surface area (Å²) in [6.07, 6.45) is 3.62. The molecule has 1 fully saturated rings. The number of benzene rings is 1. The smallest absolute Gasteiger partial charge is 0.123 e. The van der Waals surface area contributed by atoms with Crippen LogP contribution in [0, 0.1) is 5.82 Å². The normalized spacial score (nSPS) is 19.0. The largest absolute Gasteiger partial charge is 0.319 e. The summed E-state index contributed by atoms with van der Waals surface area (Å²) in [5, 5.41) is 3.21. The molecule has 0 unspecified atom stereocenters. The summed E-state index contributed by atoms with van der Waals surface area (Å²) in [5.74, 6) is -0.120. The van der Waals surface area contributed by atoms with E-state index in [0.717, 1.165) is 12.1 Å². The van der Waals surface area contributed by atoms with Crippen molar-refractivity contribution < 1.29 is 4.39 Å². The molecule has 1 aromatic rings. The lowest BCUT2D eigenvalue weighted by Crippen LogP contribution is -2.42. The third-order valence-corrected chi connectivity index (χ3v) is 3.26. The van der Waals surface area contributed by atoms with Crippen molar-refractivity contribution in [1.29, 1.82) is 0 Å².